The molecule has 1 aromatic rings. The van der Waals surface area contributed by atoms with E-state index >= 15 is 0 Å². The molecule has 1 saturated carbocycles. The van der Waals surface area contributed by atoms with Gasteiger partial charge in [-0.15, -0.1) is 11.3 Å². The van der Waals surface area contributed by atoms with Crippen molar-refractivity contribution in [1.29, 1.82) is 0 Å². The normalized spacial score (nSPS) is 20.4. The number of hydrogen-bond donors (Lipinski definition) is 1. The average molecular weight is 295 g/mol. The standard InChI is InChI=1S/C15H25N3OS/c1-2-13-14(11-16-12-3-4-12)20-15(17-13)5-6-18-7-9-19-10-8-18/h12,16H,2-11H2,1H3. The van der Waals surface area contributed by atoms with Crippen molar-refractivity contribution in [3.63, 3.8) is 0 Å². The van der Waals surface area contributed by atoms with Gasteiger partial charge in [0.25, 0.3) is 0 Å². The fraction of sp³-hybridized carbons (Fsp3) is 0.800. The number of thiazole rings is 1. The lowest BCUT2D eigenvalue weighted by Crippen LogP contribution is -2.37. The van der Waals surface area contributed by atoms with Gasteiger partial charge in [0.15, 0.2) is 0 Å². The molecule has 0 amide bonds. The Kier molecular flexibility index (Phi) is 5.04. The summed E-state index contributed by atoms with van der Waals surface area (Å²) in [6, 6.07) is 0.776. The number of nitrogens with one attached hydrogen (secondary N) is 1. The van der Waals surface area contributed by atoms with Gasteiger partial charge in [0.1, 0.15) is 0 Å². The van der Waals surface area contributed by atoms with Crippen molar-refractivity contribution in [1.82, 2.24) is 15.2 Å². The second-order valence-electron chi connectivity index (χ2n) is 5.69. The number of rotatable bonds is 7. The third-order valence-electron chi connectivity index (χ3n) is 4.03. The van der Waals surface area contributed by atoms with Gasteiger partial charge in [0, 0.05) is 43.5 Å². The Morgan fingerprint density at radius 1 is 1.35 bits per heavy atom. The van der Waals surface area contributed by atoms with Crippen LogP contribution < -0.4 is 5.32 Å². The van der Waals surface area contributed by atoms with Crippen molar-refractivity contribution in [3.8, 4) is 0 Å². The number of hydrogen-bond acceptors (Lipinski definition) is 5. The average Bonchev–Trinajstić information content (AvgIpc) is 3.24. The summed E-state index contributed by atoms with van der Waals surface area (Å²) in [5.74, 6) is 0. The van der Waals surface area contributed by atoms with E-state index in [-0.39, 0.29) is 0 Å². The van der Waals surface area contributed by atoms with Crippen molar-refractivity contribution in [3.05, 3.63) is 15.6 Å². The van der Waals surface area contributed by atoms with Crippen LogP contribution in [0.2, 0.25) is 0 Å². The SMILES string of the molecule is CCc1nc(CCN2CCOCC2)sc1CNC1CC1. The van der Waals surface area contributed by atoms with Crippen LogP contribution in [-0.4, -0.2) is 48.8 Å². The van der Waals surface area contributed by atoms with E-state index in [9.17, 15) is 0 Å². The zero-order valence-corrected chi connectivity index (χ0v) is 13.2. The molecule has 1 aromatic heterocycles. The second-order valence-corrected chi connectivity index (χ2v) is 6.86. The molecule has 2 fully saturated rings. The summed E-state index contributed by atoms with van der Waals surface area (Å²) in [6.07, 6.45) is 4.84. The summed E-state index contributed by atoms with van der Waals surface area (Å²) < 4.78 is 5.39. The fourth-order valence-corrected chi connectivity index (χ4v) is 3.66. The summed E-state index contributed by atoms with van der Waals surface area (Å²) in [4.78, 5) is 8.77. The molecule has 0 bridgehead atoms. The van der Waals surface area contributed by atoms with E-state index in [4.69, 9.17) is 9.72 Å². The number of nitrogens with zero attached hydrogens (tertiary/aromatic N) is 2. The predicted octanol–water partition coefficient (Wildman–Crippen LogP) is 1.83. The molecule has 0 radical (unpaired) electrons. The van der Waals surface area contributed by atoms with Gasteiger partial charge < -0.3 is 10.1 Å². The Morgan fingerprint density at radius 3 is 2.85 bits per heavy atom. The van der Waals surface area contributed by atoms with Crippen molar-refractivity contribution in [2.24, 2.45) is 0 Å². The lowest BCUT2D eigenvalue weighted by atomic mass is 10.3. The highest BCUT2D eigenvalue weighted by molar-refractivity contribution is 7.11. The Labute approximate surface area is 125 Å². The minimum absolute atomic E-state index is 0.776. The van der Waals surface area contributed by atoms with Crippen molar-refractivity contribution < 1.29 is 4.74 Å². The smallest absolute Gasteiger partial charge is 0.0944 e. The molecule has 0 unspecified atom stereocenters. The van der Waals surface area contributed by atoms with E-state index in [0.29, 0.717) is 0 Å². The Balaban J connectivity index is 1.52. The molecular formula is C15H25N3OS. The number of aromatic nitrogens is 1. The molecule has 20 heavy (non-hydrogen) atoms. The zero-order chi connectivity index (χ0) is 13.8. The molecular weight excluding hydrogens is 270 g/mol. The fourth-order valence-electron chi connectivity index (χ4n) is 2.56. The predicted molar refractivity (Wildman–Crippen MR) is 82.3 cm³/mol. The summed E-state index contributed by atoms with van der Waals surface area (Å²) >= 11 is 1.91. The van der Waals surface area contributed by atoms with Crippen LogP contribution in [0.25, 0.3) is 0 Å². The number of morpholine rings is 1. The van der Waals surface area contributed by atoms with Gasteiger partial charge in [-0.05, 0) is 19.3 Å². The zero-order valence-electron chi connectivity index (χ0n) is 12.4. The number of ether oxygens (including phenoxy) is 1. The third kappa shape index (κ3) is 4.01. The van der Waals surface area contributed by atoms with Crippen LogP contribution in [0.1, 0.15) is 35.3 Å². The van der Waals surface area contributed by atoms with Gasteiger partial charge in [0.2, 0.25) is 0 Å². The van der Waals surface area contributed by atoms with Crippen molar-refractivity contribution >= 4 is 11.3 Å². The van der Waals surface area contributed by atoms with E-state index in [0.717, 1.165) is 58.3 Å². The van der Waals surface area contributed by atoms with E-state index in [1.807, 2.05) is 11.3 Å². The molecule has 4 nitrogen and oxygen atoms in total. The molecule has 1 saturated heterocycles. The van der Waals surface area contributed by atoms with Gasteiger partial charge in [-0.1, -0.05) is 6.92 Å². The van der Waals surface area contributed by atoms with Crippen LogP contribution in [0.3, 0.4) is 0 Å². The lowest BCUT2D eigenvalue weighted by molar-refractivity contribution is 0.0384. The first-order chi connectivity index (χ1) is 9.85. The Morgan fingerprint density at radius 2 is 2.15 bits per heavy atom. The first-order valence-electron chi connectivity index (χ1n) is 7.86. The lowest BCUT2D eigenvalue weighted by Gasteiger charge is -2.25. The molecule has 1 aliphatic heterocycles. The molecule has 0 spiro atoms. The van der Waals surface area contributed by atoms with Crippen LogP contribution in [0.4, 0.5) is 0 Å². The van der Waals surface area contributed by atoms with Crippen LogP contribution in [0, 0.1) is 0 Å². The van der Waals surface area contributed by atoms with Crippen molar-refractivity contribution in [2.75, 3.05) is 32.8 Å². The molecule has 112 valence electrons. The first-order valence-corrected chi connectivity index (χ1v) is 8.67. The van der Waals surface area contributed by atoms with Crippen LogP contribution in [0.5, 0.6) is 0 Å². The van der Waals surface area contributed by atoms with E-state index < -0.39 is 0 Å². The molecule has 1 N–H and O–H groups in total. The summed E-state index contributed by atoms with van der Waals surface area (Å²) in [5.41, 5.74) is 1.31. The largest absolute Gasteiger partial charge is 0.379 e. The maximum Gasteiger partial charge on any atom is 0.0944 e. The van der Waals surface area contributed by atoms with Crippen molar-refractivity contribution in [2.45, 2.75) is 45.2 Å². The van der Waals surface area contributed by atoms with Gasteiger partial charge >= 0.3 is 0 Å². The van der Waals surface area contributed by atoms with Crippen LogP contribution >= 0.6 is 11.3 Å². The van der Waals surface area contributed by atoms with Gasteiger partial charge in [-0.25, -0.2) is 4.98 Å². The molecule has 3 rings (SSSR count). The van der Waals surface area contributed by atoms with E-state index in [2.05, 4.69) is 17.1 Å². The molecule has 5 heteroatoms. The minimum atomic E-state index is 0.776. The molecule has 0 atom stereocenters. The Hall–Kier alpha value is -0.490. The van der Waals surface area contributed by atoms with Gasteiger partial charge in [-0.3, -0.25) is 4.90 Å². The molecule has 2 heterocycles. The van der Waals surface area contributed by atoms with E-state index in [1.54, 1.807) is 0 Å². The Bertz CT molecular complexity index is 425. The minimum Gasteiger partial charge on any atom is -0.379 e. The summed E-state index contributed by atoms with van der Waals surface area (Å²) in [6.45, 7) is 8.26. The van der Waals surface area contributed by atoms with Gasteiger partial charge in [-0.2, -0.15) is 0 Å². The third-order valence-corrected chi connectivity index (χ3v) is 5.19. The van der Waals surface area contributed by atoms with Crippen LogP contribution in [0.15, 0.2) is 0 Å². The number of aryl methyl sites for hydroxylation is 1. The van der Waals surface area contributed by atoms with E-state index in [1.165, 1.54) is 28.4 Å². The highest BCUT2D eigenvalue weighted by Crippen LogP contribution is 2.23. The highest BCUT2D eigenvalue weighted by atomic mass is 32.1. The monoisotopic (exact) mass is 295 g/mol. The maximum absolute atomic E-state index is 5.39. The topological polar surface area (TPSA) is 37.4 Å². The van der Waals surface area contributed by atoms with Crippen LogP contribution in [-0.2, 0) is 24.1 Å². The quantitative estimate of drug-likeness (QED) is 0.833. The highest BCUT2D eigenvalue weighted by Gasteiger charge is 2.21. The molecule has 0 aromatic carbocycles. The van der Waals surface area contributed by atoms with Gasteiger partial charge in [0.05, 0.1) is 23.9 Å². The summed E-state index contributed by atoms with van der Waals surface area (Å²) in [7, 11) is 0. The molecule has 2 aliphatic rings. The second kappa shape index (κ2) is 6.98. The maximum atomic E-state index is 5.39. The summed E-state index contributed by atoms with van der Waals surface area (Å²) in [5, 5.41) is 4.92. The first kappa shape index (κ1) is 14.4. The molecule has 1 aliphatic carbocycles.